The number of carbonyl (C=O) groups excluding carboxylic acids is 3. The molecule has 9 nitrogen and oxygen atoms in total. The second-order valence-corrected chi connectivity index (χ2v) is 13.3. The van der Waals surface area contributed by atoms with Gasteiger partial charge < -0.3 is 25.2 Å². The Kier molecular flexibility index (Phi) is 10.0. The van der Waals surface area contributed by atoms with Crippen LogP contribution in [-0.4, -0.2) is 60.4 Å². The largest absolute Gasteiger partial charge is 0.497 e. The lowest BCUT2D eigenvalue weighted by molar-refractivity contribution is -0.132. The number of ether oxygens (including phenoxy) is 2. The number of thioether (sulfide) groups is 1. The van der Waals surface area contributed by atoms with Gasteiger partial charge in [-0.25, -0.2) is 4.79 Å². The standard InChI is InChI=1S/C31H42N2O7S/c1-18(2)29(33-27(35)11-22-10-23(39-3)5-6-26(22)40-4)30(38)32-24(12-28(36)37)25(34)16-41-17-31-13-19-7-20(14-31)9-21(8-19)15-31/h5-6,10,12,18-21,29H,7-9,11,13-17H2,1-4H3,(H,32,38)(H,33,35)(H,36,37)/t19?,20?,21?,29-,31?/m0/s1. The van der Waals surface area contributed by atoms with Gasteiger partial charge in [0.2, 0.25) is 11.8 Å². The molecule has 2 amide bonds. The molecule has 0 unspecified atom stereocenters. The lowest BCUT2D eigenvalue weighted by atomic mass is 9.50. The predicted octanol–water partition coefficient (Wildman–Crippen LogP) is 3.99. The molecule has 0 aromatic heterocycles. The first-order chi connectivity index (χ1) is 19.5. The Morgan fingerprint density at radius 3 is 2.22 bits per heavy atom. The SMILES string of the molecule is COc1ccc(OC)c(CC(=O)N[C@H](C(=O)NC(=CC(=O)O)C(=O)CSCC23CC4CC(CC(C4)C2)C3)C(C)C)c1. The number of hydrogen-bond donors (Lipinski definition) is 3. The van der Waals surface area contributed by atoms with Crippen molar-refractivity contribution in [1.29, 1.82) is 0 Å². The molecule has 3 N–H and O–H groups in total. The number of ketones is 1. The Bertz CT molecular complexity index is 1160. The highest BCUT2D eigenvalue weighted by atomic mass is 32.2. The van der Waals surface area contributed by atoms with Gasteiger partial charge in [0.25, 0.3) is 0 Å². The average Bonchev–Trinajstić information content (AvgIpc) is 2.89. The number of carbonyl (C=O) groups is 4. The van der Waals surface area contributed by atoms with Crippen molar-refractivity contribution >= 4 is 35.3 Å². The Balaban J connectivity index is 1.36. The van der Waals surface area contributed by atoms with Crippen LogP contribution in [0.15, 0.2) is 30.0 Å². The third-order valence-corrected chi connectivity index (χ3v) is 10.0. The van der Waals surface area contributed by atoms with E-state index in [0.29, 0.717) is 17.1 Å². The van der Waals surface area contributed by atoms with Crippen molar-refractivity contribution < 1.29 is 33.8 Å². The van der Waals surface area contributed by atoms with Gasteiger partial charge in [0.1, 0.15) is 17.5 Å². The summed E-state index contributed by atoms with van der Waals surface area (Å²) in [6, 6.07) is 4.13. The van der Waals surface area contributed by atoms with Gasteiger partial charge in [-0.2, -0.15) is 11.8 Å². The van der Waals surface area contributed by atoms with Crippen molar-refractivity contribution in [3.8, 4) is 11.5 Å². The Morgan fingerprint density at radius 1 is 1.05 bits per heavy atom. The van der Waals surface area contributed by atoms with E-state index in [1.54, 1.807) is 32.0 Å². The average molecular weight is 587 g/mol. The first-order valence-electron chi connectivity index (χ1n) is 14.4. The molecule has 4 saturated carbocycles. The fourth-order valence-electron chi connectivity index (χ4n) is 7.38. The van der Waals surface area contributed by atoms with Crippen molar-refractivity contribution in [3.63, 3.8) is 0 Å². The van der Waals surface area contributed by atoms with Crippen molar-refractivity contribution in [2.75, 3.05) is 25.7 Å². The van der Waals surface area contributed by atoms with Crippen molar-refractivity contribution in [1.82, 2.24) is 10.6 Å². The van der Waals surface area contributed by atoms with Crippen LogP contribution in [-0.2, 0) is 25.6 Å². The molecule has 4 bridgehead atoms. The fourth-order valence-corrected chi connectivity index (χ4v) is 8.61. The van der Waals surface area contributed by atoms with Gasteiger partial charge in [0, 0.05) is 5.56 Å². The molecule has 1 aromatic carbocycles. The summed E-state index contributed by atoms with van der Waals surface area (Å²) < 4.78 is 10.6. The van der Waals surface area contributed by atoms with E-state index in [2.05, 4.69) is 10.6 Å². The number of amides is 2. The third-order valence-electron chi connectivity index (χ3n) is 8.74. The molecule has 1 atom stereocenters. The van der Waals surface area contributed by atoms with Crippen LogP contribution in [0.5, 0.6) is 11.5 Å². The Morgan fingerprint density at radius 2 is 1.68 bits per heavy atom. The minimum Gasteiger partial charge on any atom is -0.497 e. The summed E-state index contributed by atoms with van der Waals surface area (Å²) in [5.74, 6) is 1.34. The molecule has 41 heavy (non-hydrogen) atoms. The molecule has 1 aromatic rings. The Labute approximate surface area is 246 Å². The second-order valence-electron chi connectivity index (χ2n) is 12.4. The molecule has 4 aliphatic carbocycles. The summed E-state index contributed by atoms with van der Waals surface area (Å²) in [5, 5.41) is 14.6. The number of carboxylic acid groups (broad SMARTS) is 1. The van der Waals surface area contributed by atoms with E-state index in [0.717, 1.165) is 29.6 Å². The molecular formula is C31H42N2O7S. The highest BCUT2D eigenvalue weighted by Crippen LogP contribution is 2.60. The summed E-state index contributed by atoms with van der Waals surface area (Å²) >= 11 is 1.54. The maximum atomic E-state index is 13.2. The van der Waals surface area contributed by atoms with Crippen molar-refractivity contribution in [2.45, 2.75) is 64.8 Å². The van der Waals surface area contributed by atoms with Crippen LogP contribution >= 0.6 is 11.8 Å². The number of Topliss-reactive ketones (excluding diaryl/α,β-unsaturated/α-hetero) is 1. The summed E-state index contributed by atoms with van der Waals surface area (Å²) in [6.07, 6.45) is 8.41. The molecule has 5 rings (SSSR count). The van der Waals surface area contributed by atoms with E-state index < -0.39 is 29.6 Å². The number of aliphatic carboxylic acids is 1. The first kappa shape index (κ1) is 30.9. The third kappa shape index (κ3) is 7.84. The van der Waals surface area contributed by atoms with Gasteiger partial charge in [0.15, 0.2) is 5.78 Å². The van der Waals surface area contributed by atoms with E-state index in [-0.39, 0.29) is 29.2 Å². The smallest absolute Gasteiger partial charge is 0.330 e. The molecule has 224 valence electrons. The van der Waals surface area contributed by atoms with Crippen LogP contribution in [0, 0.1) is 29.1 Å². The highest BCUT2D eigenvalue weighted by Gasteiger charge is 2.50. The lowest BCUT2D eigenvalue weighted by Crippen LogP contribution is -2.50. The molecule has 10 heteroatoms. The van der Waals surface area contributed by atoms with E-state index in [9.17, 15) is 24.3 Å². The second kappa shape index (κ2) is 13.3. The molecule has 0 aliphatic heterocycles. The van der Waals surface area contributed by atoms with Crippen LogP contribution < -0.4 is 20.1 Å². The molecule has 4 fully saturated rings. The quantitative estimate of drug-likeness (QED) is 0.279. The van der Waals surface area contributed by atoms with Gasteiger partial charge in [-0.15, -0.1) is 0 Å². The van der Waals surface area contributed by atoms with E-state index >= 15 is 0 Å². The molecule has 0 saturated heterocycles. The predicted molar refractivity (Wildman–Crippen MR) is 157 cm³/mol. The number of carboxylic acids is 1. The summed E-state index contributed by atoms with van der Waals surface area (Å²) in [6.45, 7) is 3.53. The molecular weight excluding hydrogens is 544 g/mol. The van der Waals surface area contributed by atoms with Gasteiger partial charge >= 0.3 is 5.97 Å². The van der Waals surface area contributed by atoms with E-state index in [1.807, 2.05) is 0 Å². The van der Waals surface area contributed by atoms with E-state index in [4.69, 9.17) is 9.47 Å². The zero-order valence-electron chi connectivity index (χ0n) is 24.4. The van der Waals surface area contributed by atoms with Crippen molar-refractivity contribution in [2.24, 2.45) is 29.1 Å². The van der Waals surface area contributed by atoms with Gasteiger partial charge in [-0.1, -0.05) is 13.8 Å². The number of nitrogens with one attached hydrogen (secondary N) is 2. The van der Waals surface area contributed by atoms with Gasteiger partial charge in [-0.05, 0) is 91.6 Å². The van der Waals surface area contributed by atoms with Crippen LogP contribution in [0.1, 0.15) is 57.9 Å². The minimum absolute atomic E-state index is 0.0609. The van der Waals surface area contributed by atoms with Crippen molar-refractivity contribution in [3.05, 3.63) is 35.5 Å². The first-order valence-corrected chi connectivity index (χ1v) is 15.5. The van der Waals surface area contributed by atoms with Crippen LogP contribution in [0.25, 0.3) is 0 Å². The summed E-state index contributed by atoms with van der Waals surface area (Å²) in [4.78, 5) is 50.8. The molecule has 0 spiro atoms. The molecule has 0 radical (unpaired) electrons. The number of allylic oxidation sites excluding steroid dienone is 1. The zero-order chi connectivity index (χ0) is 29.7. The fraction of sp³-hybridized carbons (Fsp3) is 0.613. The van der Waals surface area contributed by atoms with Crippen LogP contribution in [0.2, 0.25) is 0 Å². The molecule has 0 heterocycles. The maximum absolute atomic E-state index is 13.2. The van der Waals surface area contributed by atoms with E-state index in [1.165, 1.54) is 64.5 Å². The molecule has 4 aliphatic rings. The maximum Gasteiger partial charge on any atom is 0.330 e. The topological polar surface area (TPSA) is 131 Å². The normalized spacial score (nSPS) is 25.5. The summed E-state index contributed by atoms with van der Waals surface area (Å²) in [7, 11) is 3.03. The lowest BCUT2D eigenvalue weighted by Gasteiger charge is -2.56. The zero-order valence-corrected chi connectivity index (χ0v) is 25.2. The van der Waals surface area contributed by atoms with Gasteiger partial charge in [-0.3, -0.25) is 14.4 Å². The number of methoxy groups -OCH3 is 2. The minimum atomic E-state index is -1.32. The highest BCUT2D eigenvalue weighted by molar-refractivity contribution is 8.00. The van der Waals surface area contributed by atoms with Crippen LogP contribution in [0.4, 0.5) is 0 Å². The number of rotatable bonds is 14. The van der Waals surface area contributed by atoms with Gasteiger partial charge in [0.05, 0.1) is 38.2 Å². The number of hydrogen-bond acceptors (Lipinski definition) is 7. The summed E-state index contributed by atoms with van der Waals surface area (Å²) in [5.41, 5.74) is 0.609. The van der Waals surface area contributed by atoms with Crippen LogP contribution in [0.3, 0.4) is 0 Å². The Hall–Kier alpha value is -3.01. The number of benzene rings is 1. The monoisotopic (exact) mass is 586 g/mol.